The Bertz CT molecular complexity index is 2480. The van der Waals surface area contributed by atoms with Crippen molar-refractivity contribution in [1.82, 2.24) is 18.9 Å². The van der Waals surface area contributed by atoms with Crippen LogP contribution in [-0.4, -0.2) is 58.7 Å². The SMILES string of the molecule is Bc1ccc2c3c1cccc3/c(=C\C=C1/CC/C(=C\C=c3/c4cccc5c(I)ccc(c54)n3C)C1=C1C(=O)N(C)C(=O)N(C)C1=O)n2C. The number of nitrogens with zero attached hydrogens (tertiary/aromatic N) is 4. The van der Waals surface area contributed by atoms with E-state index in [1.54, 1.807) is 0 Å². The maximum absolute atomic E-state index is 13.7. The number of urea groups is 1. The van der Waals surface area contributed by atoms with E-state index in [9.17, 15) is 14.4 Å². The molecule has 0 unspecified atom stereocenters. The van der Waals surface area contributed by atoms with Crippen LogP contribution in [0, 0.1) is 3.57 Å². The molecule has 4 aromatic carbocycles. The van der Waals surface area contributed by atoms with Gasteiger partial charge in [0, 0.05) is 75.0 Å². The molecule has 0 spiro atoms. The van der Waals surface area contributed by atoms with Crippen molar-refractivity contribution in [2.45, 2.75) is 12.8 Å². The van der Waals surface area contributed by atoms with Crippen molar-refractivity contribution >= 4 is 109 Å². The number of aryl methyl sites for hydroxylation is 2. The number of halogens is 1. The second-order valence-electron chi connectivity index (χ2n) is 12.8. The van der Waals surface area contributed by atoms with Gasteiger partial charge >= 0.3 is 6.03 Å². The molecule has 4 amide bonds. The van der Waals surface area contributed by atoms with E-state index in [-0.39, 0.29) is 5.57 Å². The normalized spacial score (nSPS) is 18.7. The molecular formula is C39H32BIN4O3. The Labute approximate surface area is 291 Å². The van der Waals surface area contributed by atoms with E-state index in [4.69, 9.17) is 0 Å². The molecule has 2 aromatic heterocycles. The molecule has 0 N–H and O–H groups in total. The molecule has 2 fully saturated rings. The highest BCUT2D eigenvalue weighted by Gasteiger charge is 2.41. The van der Waals surface area contributed by atoms with E-state index in [0.29, 0.717) is 18.4 Å². The van der Waals surface area contributed by atoms with Crippen LogP contribution >= 0.6 is 22.6 Å². The van der Waals surface area contributed by atoms with E-state index in [1.165, 1.54) is 44.7 Å². The number of rotatable bonds is 2. The zero-order valence-corrected chi connectivity index (χ0v) is 29.5. The summed E-state index contributed by atoms with van der Waals surface area (Å²) in [7, 11) is 9.13. The van der Waals surface area contributed by atoms with Crippen molar-refractivity contribution in [3.63, 3.8) is 0 Å². The molecule has 48 heavy (non-hydrogen) atoms. The molecule has 0 atom stereocenters. The van der Waals surface area contributed by atoms with Crippen molar-refractivity contribution in [3.05, 3.63) is 109 Å². The van der Waals surface area contributed by atoms with E-state index in [2.05, 4.69) is 139 Å². The number of imide groups is 2. The molecule has 1 saturated heterocycles. The summed E-state index contributed by atoms with van der Waals surface area (Å²) in [6.07, 6.45) is 9.61. The van der Waals surface area contributed by atoms with Crippen molar-refractivity contribution in [3.8, 4) is 0 Å². The maximum atomic E-state index is 13.7. The Balaban J connectivity index is 1.36. The third-order valence-electron chi connectivity index (χ3n) is 10.3. The molecule has 236 valence electrons. The van der Waals surface area contributed by atoms with Gasteiger partial charge in [0.1, 0.15) is 13.4 Å². The van der Waals surface area contributed by atoms with E-state index in [0.717, 1.165) is 53.5 Å². The Morgan fingerprint density at radius 1 is 0.604 bits per heavy atom. The van der Waals surface area contributed by atoms with Gasteiger partial charge in [0.05, 0.1) is 0 Å². The summed E-state index contributed by atoms with van der Waals surface area (Å²) in [6, 6.07) is 20.8. The lowest BCUT2D eigenvalue weighted by Gasteiger charge is -2.30. The number of allylic oxidation sites excluding steroid dienone is 5. The summed E-state index contributed by atoms with van der Waals surface area (Å²) in [5.74, 6) is -1.15. The third kappa shape index (κ3) is 4.29. The topological polar surface area (TPSA) is 67.6 Å². The van der Waals surface area contributed by atoms with Gasteiger partial charge < -0.3 is 9.13 Å². The summed E-state index contributed by atoms with van der Waals surface area (Å²) >= 11 is 2.38. The van der Waals surface area contributed by atoms with Crippen LogP contribution in [0.15, 0.2) is 95.1 Å². The Morgan fingerprint density at radius 2 is 1.08 bits per heavy atom. The van der Waals surface area contributed by atoms with Crippen LogP contribution in [0.2, 0.25) is 0 Å². The first-order valence-corrected chi connectivity index (χ1v) is 17.0. The predicted octanol–water partition coefficient (Wildman–Crippen LogP) is 4.53. The molecule has 7 nitrogen and oxygen atoms in total. The molecule has 1 saturated carbocycles. The fourth-order valence-electron chi connectivity index (χ4n) is 7.67. The average Bonchev–Trinajstić information content (AvgIpc) is 3.70. The number of amides is 4. The second kappa shape index (κ2) is 11.1. The van der Waals surface area contributed by atoms with Crippen LogP contribution in [0.5, 0.6) is 0 Å². The third-order valence-corrected chi connectivity index (χ3v) is 11.2. The molecule has 3 heterocycles. The van der Waals surface area contributed by atoms with Gasteiger partial charge in [-0.2, -0.15) is 0 Å². The van der Waals surface area contributed by atoms with Crippen LogP contribution in [0.1, 0.15) is 12.8 Å². The van der Waals surface area contributed by atoms with Crippen molar-refractivity contribution in [2.75, 3.05) is 14.1 Å². The molecule has 0 radical (unpaired) electrons. The van der Waals surface area contributed by atoms with Crippen molar-refractivity contribution in [1.29, 1.82) is 0 Å². The molecule has 6 aromatic rings. The number of aromatic nitrogens is 2. The number of likely N-dealkylation sites (N-methyl/N-ethyl adjacent to an activating group) is 2. The summed E-state index contributed by atoms with van der Waals surface area (Å²) in [5, 5.41) is 9.30. The van der Waals surface area contributed by atoms with Gasteiger partial charge in [0.15, 0.2) is 0 Å². The summed E-state index contributed by atoms with van der Waals surface area (Å²) < 4.78 is 5.59. The smallest absolute Gasteiger partial charge is 0.333 e. The Kier molecular flexibility index (Phi) is 7.03. The van der Waals surface area contributed by atoms with Crippen molar-refractivity contribution < 1.29 is 14.4 Å². The van der Waals surface area contributed by atoms with Crippen LogP contribution in [0.3, 0.4) is 0 Å². The zero-order chi connectivity index (χ0) is 33.6. The standard InChI is InChI=1S/C39H32BIN4O3/c1-42-29(25-9-5-7-23-27(40)15-19-31(42)34(23)25)17-13-21-11-12-22(33(21)36-37(46)44(3)39(48)45(4)38(36)47)14-18-30-26-10-6-8-24-28(41)16-20-32(35(24)26)43(30)2/h5-10,13-20H,11-12,40H2,1-4H3/b21-13+,22-14+,29-17+,30-18+. The van der Waals surface area contributed by atoms with Gasteiger partial charge in [0.25, 0.3) is 11.8 Å². The van der Waals surface area contributed by atoms with Crippen molar-refractivity contribution in [2.24, 2.45) is 14.1 Å². The van der Waals surface area contributed by atoms with E-state index >= 15 is 0 Å². The zero-order valence-electron chi connectivity index (χ0n) is 27.4. The van der Waals surface area contributed by atoms with Crippen LogP contribution in [-0.2, 0) is 23.7 Å². The first-order valence-electron chi connectivity index (χ1n) is 16.0. The van der Waals surface area contributed by atoms with E-state index < -0.39 is 17.8 Å². The highest BCUT2D eigenvalue weighted by molar-refractivity contribution is 14.1. The van der Waals surface area contributed by atoms with Crippen LogP contribution in [0.25, 0.3) is 55.5 Å². The fraction of sp³-hybridized carbons (Fsp3) is 0.154. The van der Waals surface area contributed by atoms with E-state index in [1.807, 2.05) is 0 Å². The Morgan fingerprint density at radius 3 is 1.65 bits per heavy atom. The number of carbonyl (C=O) groups excluding carboxylic acids is 3. The summed E-state index contributed by atoms with van der Waals surface area (Å²) in [6.45, 7) is 0. The monoisotopic (exact) mass is 742 g/mol. The van der Waals surface area contributed by atoms with Gasteiger partial charge in [0.2, 0.25) is 0 Å². The Hall–Kier alpha value is -4.90. The highest BCUT2D eigenvalue weighted by atomic mass is 127. The highest BCUT2D eigenvalue weighted by Crippen LogP contribution is 2.40. The van der Waals surface area contributed by atoms with Crippen LogP contribution in [0.4, 0.5) is 4.79 Å². The first-order chi connectivity index (χ1) is 23.1. The minimum absolute atomic E-state index is 0.0342. The van der Waals surface area contributed by atoms with Gasteiger partial charge in [-0.25, -0.2) is 4.79 Å². The largest absolute Gasteiger partial charge is 0.344 e. The summed E-state index contributed by atoms with van der Waals surface area (Å²) in [4.78, 5) is 42.2. The number of hydrogen-bond acceptors (Lipinski definition) is 3. The number of benzene rings is 4. The van der Waals surface area contributed by atoms with Gasteiger partial charge in [-0.1, -0.05) is 60.1 Å². The van der Waals surface area contributed by atoms with Gasteiger partial charge in [-0.05, 0) is 93.3 Å². The molecule has 8 rings (SSSR count). The molecular weight excluding hydrogens is 710 g/mol. The molecule has 1 aliphatic heterocycles. The van der Waals surface area contributed by atoms with Gasteiger partial charge in [-0.3, -0.25) is 19.4 Å². The second-order valence-corrected chi connectivity index (χ2v) is 14.0. The minimum atomic E-state index is -0.630. The summed E-state index contributed by atoms with van der Waals surface area (Å²) in [5.41, 5.74) is 5.97. The lowest BCUT2D eigenvalue weighted by molar-refractivity contribution is -0.134. The number of carbonyl (C=O) groups is 3. The lowest BCUT2D eigenvalue weighted by atomic mass is 9.89. The predicted molar refractivity (Wildman–Crippen MR) is 204 cm³/mol. The molecule has 9 heteroatoms. The maximum Gasteiger partial charge on any atom is 0.333 e. The van der Waals surface area contributed by atoms with Gasteiger partial charge in [-0.15, -0.1) is 0 Å². The lowest BCUT2D eigenvalue weighted by Crippen LogP contribution is -2.53. The quantitative estimate of drug-likeness (QED) is 0.114. The number of barbiturate groups is 1. The average molecular weight is 742 g/mol. The fourth-order valence-corrected chi connectivity index (χ4v) is 8.30. The first kappa shape index (κ1) is 30.4. The van der Waals surface area contributed by atoms with Crippen LogP contribution < -0.4 is 16.2 Å². The minimum Gasteiger partial charge on any atom is -0.344 e. The number of hydrogen-bond donors (Lipinski definition) is 0. The molecule has 2 aliphatic rings. The molecule has 0 bridgehead atoms. The molecule has 1 aliphatic carbocycles.